The van der Waals surface area contributed by atoms with Gasteiger partial charge in [-0.3, -0.25) is 4.79 Å². The van der Waals surface area contributed by atoms with E-state index in [0.29, 0.717) is 5.75 Å². The summed E-state index contributed by atoms with van der Waals surface area (Å²) in [5.41, 5.74) is 0.0607. The Morgan fingerprint density at radius 1 is 1.15 bits per heavy atom. The van der Waals surface area contributed by atoms with Crippen molar-refractivity contribution in [1.82, 2.24) is 0 Å². The first-order valence-electron chi connectivity index (χ1n) is 5.61. The van der Waals surface area contributed by atoms with E-state index in [0.717, 1.165) is 6.07 Å². The zero-order valence-electron chi connectivity index (χ0n) is 10.4. The number of hydrogen-bond acceptors (Lipinski definition) is 2. The highest BCUT2D eigenvalue weighted by Gasteiger charge is 2.12. The fourth-order valence-electron chi connectivity index (χ4n) is 1.56. The molecule has 0 aromatic heterocycles. The van der Waals surface area contributed by atoms with Gasteiger partial charge in [-0.15, -0.1) is 0 Å². The van der Waals surface area contributed by atoms with E-state index in [1.807, 2.05) is 0 Å². The molecule has 0 aliphatic heterocycles. The highest BCUT2D eigenvalue weighted by atomic mass is 79.9. The summed E-state index contributed by atoms with van der Waals surface area (Å²) in [5.74, 6) is -1.37. The van der Waals surface area contributed by atoms with Gasteiger partial charge >= 0.3 is 0 Å². The molecule has 1 N–H and O–H groups in total. The lowest BCUT2D eigenvalue weighted by molar-refractivity contribution is 0.102. The average molecular weight is 342 g/mol. The second-order valence-corrected chi connectivity index (χ2v) is 4.78. The number of rotatable bonds is 3. The monoisotopic (exact) mass is 341 g/mol. The van der Waals surface area contributed by atoms with Gasteiger partial charge in [0.05, 0.1) is 17.3 Å². The zero-order valence-corrected chi connectivity index (χ0v) is 12.0. The summed E-state index contributed by atoms with van der Waals surface area (Å²) in [6.45, 7) is 0. The highest BCUT2D eigenvalue weighted by molar-refractivity contribution is 9.10. The molecule has 2 aromatic carbocycles. The molecular weight excluding hydrogens is 332 g/mol. The summed E-state index contributed by atoms with van der Waals surface area (Å²) in [7, 11) is 1.43. The van der Waals surface area contributed by atoms with Gasteiger partial charge in [0.1, 0.15) is 17.4 Å². The van der Waals surface area contributed by atoms with Crippen molar-refractivity contribution >= 4 is 27.5 Å². The number of carbonyl (C=O) groups is 1. The maximum absolute atomic E-state index is 13.6. The van der Waals surface area contributed by atoms with Crippen LogP contribution in [0.5, 0.6) is 5.75 Å². The SMILES string of the molecule is COc1ccc(F)c(NC(=O)c2ccc(Br)c(F)c2)c1. The lowest BCUT2D eigenvalue weighted by Gasteiger charge is -2.08. The van der Waals surface area contributed by atoms with Crippen molar-refractivity contribution < 1.29 is 18.3 Å². The lowest BCUT2D eigenvalue weighted by atomic mass is 10.2. The van der Waals surface area contributed by atoms with Gasteiger partial charge in [-0.2, -0.15) is 0 Å². The molecule has 0 saturated heterocycles. The predicted octanol–water partition coefficient (Wildman–Crippen LogP) is 3.99. The summed E-state index contributed by atoms with van der Waals surface area (Å²) < 4.78 is 32.1. The number of anilines is 1. The molecule has 2 rings (SSSR count). The third-order valence-corrected chi connectivity index (χ3v) is 3.25. The Kier molecular flexibility index (Phi) is 4.34. The van der Waals surface area contributed by atoms with Crippen LogP contribution >= 0.6 is 15.9 Å². The van der Waals surface area contributed by atoms with E-state index >= 15 is 0 Å². The number of methoxy groups -OCH3 is 1. The van der Waals surface area contributed by atoms with Crippen LogP contribution in [0.25, 0.3) is 0 Å². The highest BCUT2D eigenvalue weighted by Crippen LogP contribution is 2.22. The summed E-state index contributed by atoms with van der Waals surface area (Å²) >= 11 is 2.99. The molecule has 104 valence electrons. The number of amides is 1. The molecule has 1 amide bonds. The Morgan fingerprint density at radius 2 is 1.90 bits per heavy atom. The summed E-state index contributed by atoms with van der Waals surface area (Å²) in [4.78, 5) is 11.9. The van der Waals surface area contributed by atoms with E-state index in [-0.39, 0.29) is 15.7 Å². The molecule has 0 atom stereocenters. The Labute approximate surface area is 122 Å². The van der Waals surface area contributed by atoms with Crippen molar-refractivity contribution in [3.05, 3.63) is 58.1 Å². The number of ether oxygens (including phenoxy) is 1. The molecule has 0 aliphatic carbocycles. The van der Waals surface area contributed by atoms with Gasteiger partial charge in [0.15, 0.2) is 0 Å². The smallest absolute Gasteiger partial charge is 0.255 e. The molecule has 3 nitrogen and oxygen atoms in total. The van der Waals surface area contributed by atoms with Crippen molar-refractivity contribution in [2.24, 2.45) is 0 Å². The number of halogens is 3. The Hall–Kier alpha value is -1.95. The minimum absolute atomic E-state index is 0.0299. The normalized spacial score (nSPS) is 10.2. The topological polar surface area (TPSA) is 38.3 Å². The van der Waals surface area contributed by atoms with E-state index in [2.05, 4.69) is 21.2 Å². The standard InChI is InChI=1S/C14H10BrF2NO2/c1-20-9-3-5-11(16)13(7-9)18-14(19)8-2-4-10(15)12(17)6-8/h2-7H,1H3,(H,18,19). The predicted molar refractivity (Wildman–Crippen MR) is 75.0 cm³/mol. The van der Waals surface area contributed by atoms with Crippen molar-refractivity contribution in [2.45, 2.75) is 0 Å². The Balaban J connectivity index is 2.25. The molecule has 20 heavy (non-hydrogen) atoms. The molecule has 0 saturated carbocycles. The third kappa shape index (κ3) is 3.14. The van der Waals surface area contributed by atoms with Crippen LogP contribution < -0.4 is 10.1 Å². The van der Waals surface area contributed by atoms with Gasteiger partial charge in [-0.25, -0.2) is 8.78 Å². The van der Waals surface area contributed by atoms with Crippen LogP contribution in [0.1, 0.15) is 10.4 Å². The first-order valence-corrected chi connectivity index (χ1v) is 6.40. The van der Waals surface area contributed by atoms with Crippen LogP contribution in [0, 0.1) is 11.6 Å². The molecule has 0 fully saturated rings. The van der Waals surface area contributed by atoms with Crippen LogP contribution in [0.2, 0.25) is 0 Å². The summed E-state index contributed by atoms with van der Waals surface area (Å²) in [6.07, 6.45) is 0. The molecule has 0 spiro atoms. The van der Waals surface area contributed by atoms with Gasteiger partial charge in [-0.1, -0.05) is 0 Å². The Bertz CT molecular complexity index is 662. The molecule has 0 bridgehead atoms. The lowest BCUT2D eigenvalue weighted by Crippen LogP contribution is -2.13. The zero-order chi connectivity index (χ0) is 14.7. The van der Waals surface area contributed by atoms with Crippen LogP contribution in [-0.2, 0) is 0 Å². The largest absolute Gasteiger partial charge is 0.497 e. The van der Waals surface area contributed by atoms with Gasteiger partial charge in [0.25, 0.3) is 5.91 Å². The number of hydrogen-bond donors (Lipinski definition) is 1. The van der Waals surface area contributed by atoms with Crippen molar-refractivity contribution in [1.29, 1.82) is 0 Å². The number of nitrogens with one attached hydrogen (secondary N) is 1. The van der Waals surface area contributed by atoms with Crippen LogP contribution in [0.4, 0.5) is 14.5 Å². The summed E-state index contributed by atoms with van der Waals surface area (Å²) in [6, 6.07) is 7.87. The molecule has 0 heterocycles. The van der Waals surface area contributed by atoms with Gasteiger partial charge in [0.2, 0.25) is 0 Å². The minimum Gasteiger partial charge on any atom is -0.497 e. The van der Waals surface area contributed by atoms with E-state index in [1.165, 1.54) is 37.4 Å². The van der Waals surface area contributed by atoms with Crippen LogP contribution in [-0.4, -0.2) is 13.0 Å². The quantitative estimate of drug-likeness (QED) is 0.916. The van der Waals surface area contributed by atoms with E-state index in [4.69, 9.17) is 4.74 Å². The molecule has 0 radical (unpaired) electrons. The van der Waals surface area contributed by atoms with Gasteiger partial charge in [-0.05, 0) is 46.3 Å². The number of carbonyl (C=O) groups excluding carboxylic acids is 1. The number of benzene rings is 2. The maximum atomic E-state index is 13.6. The molecular formula is C14H10BrF2NO2. The maximum Gasteiger partial charge on any atom is 0.255 e. The van der Waals surface area contributed by atoms with E-state index in [9.17, 15) is 13.6 Å². The van der Waals surface area contributed by atoms with Gasteiger partial charge in [0, 0.05) is 11.6 Å². The molecule has 2 aromatic rings. The van der Waals surface area contributed by atoms with Gasteiger partial charge < -0.3 is 10.1 Å². The second kappa shape index (κ2) is 6.00. The van der Waals surface area contributed by atoms with Crippen LogP contribution in [0.3, 0.4) is 0 Å². The molecule has 0 unspecified atom stereocenters. The third-order valence-electron chi connectivity index (χ3n) is 2.60. The fraction of sp³-hybridized carbons (Fsp3) is 0.0714. The average Bonchev–Trinajstić information content (AvgIpc) is 2.44. The van der Waals surface area contributed by atoms with E-state index < -0.39 is 17.5 Å². The summed E-state index contributed by atoms with van der Waals surface area (Å²) in [5, 5.41) is 2.37. The fourth-order valence-corrected chi connectivity index (χ4v) is 1.81. The first kappa shape index (κ1) is 14.5. The minimum atomic E-state index is -0.608. The van der Waals surface area contributed by atoms with Crippen molar-refractivity contribution in [3.8, 4) is 5.75 Å². The van der Waals surface area contributed by atoms with E-state index in [1.54, 1.807) is 0 Å². The van der Waals surface area contributed by atoms with Crippen molar-refractivity contribution in [3.63, 3.8) is 0 Å². The molecule has 0 aliphatic rings. The van der Waals surface area contributed by atoms with Crippen molar-refractivity contribution in [2.75, 3.05) is 12.4 Å². The molecule has 6 heteroatoms. The first-order chi connectivity index (χ1) is 9.51. The Morgan fingerprint density at radius 3 is 2.55 bits per heavy atom. The van der Waals surface area contributed by atoms with Crippen LogP contribution in [0.15, 0.2) is 40.9 Å². The second-order valence-electron chi connectivity index (χ2n) is 3.93.